The molecule has 0 saturated carbocycles. The van der Waals surface area contributed by atoms with Gasteiger partial charge in [-0.05, 0) is 37.9 Å². The van der Waals surface area contributed by atoms with Gasteiger partial charge < -0.3 is 14.8 Å². The standard InChI is InChI=1S/C20H31N4/c1-23-10-13-24(2,14-11-23)12-9-21-16-7-8-20-18(15-16)17-5-3-4-6-19(17)22-20/h3-6,16,21-22H,7-15H2,1-2H3/q+1. The van der Waals surface area contributed by atoms with Crippen LogP contribution in [-0.4, -0.2) is 73.8 Å². The van der Waals surface area contributed by atoms with Crippen molar-refractivity contribution < 1.29 is 4.48 Å². The van der Waals surface area contributed by atoms with Crippen LogP contribution in [0.4, 0.5) is 0 Å². The van der Waals surface area contributed by atoms with Crippen LogP contribution in [0.1, 0.15) is 17.7 Å². The van der Waals surface area contributed by atoms with E-state index >= 15 is 0 Å². The fourth-order valence-electron chi connectivity index (χ4n) is 4.35. The largest absolute Gasteiger partial charge is 0.358 e. The van der Waals surface area contributed by atoms with Gasteiger partial charge in [-0.1, -0.05) is 18.2 Å². The van der Waals surface area contributed by atoms with Crippen molar-refractivity contribution in [2.45, 2.75) is 25.3 Å². The molecular weight excluding hydrogens is 296 g/mol. The van der Waals surface area contributed by atoms with E-state index in [1.54, 1.807) is 5.56 Å². The lowest BCUT2D eigenvalue weighted by Crippen LogP contribution is -2.58. The summed E-state index contributed by atoms with van der Waals surface area (Å²) >= 11 is 0. The minimum Gasteiger partial charge on any atom is -0.358 e. The zero-order valence-electron chi connectivity index (χ0n) is 15.1. The maximum atomic E-state index is 3.86. The number of aryl methyl sites for hydroxylation is 1. The number of nitrogens with zero attached hydrogens (tertiary/aromatic N) is 2. The Bertz CT molecular complexity index is 697. The molecule has 1 aromatic carbocycles. The number of nitrogens with one attached hydrogen (secondary N) is 2. The van der Waals surface area contributed by atoms with E-state index in [-0.39, 0.29) is 0 Å². The van der Waals surface area contributed by atoms with Crippen molar-refractivity contribution in [3.63, 3.8) is 0 Å². The fraction of sp³-hybridized carbons (Fsp3) is 0.600. The van der Waals surface area contributed by atoms with E-state index in [1.165, 1.54) is 73.1 Å². The molecule has 1 aliphatic carbocycles. The number of quaternary nitrogens is 1. The molecule has 2 aliphatic rings. The lowest BCUT2D eigenvalue weighted by Gasteiger charge is -2.41. The molecule has 4 heteroatoms. The molecule has 1 unspecified atom stereocenters. The molecule has 24 heavy (non-hydrogen) atoms. The Morgan fingerprint density at radius 1 is 1.25 bits per heavy atom. The zero-order chi connectivity index (χ0) is 16.6. The summed E-state index contributed by atoms with van der Waals surface area (Å²) in [6.45, 7) is 7.44. The molecule has 0 amide bonds. The number of hydrogen-bond donors (Lipinski definition) is 2. The molecule has 4 nitrogen and oxygen atoms in total. The third-order valence-electron chi connectivity index (χ3n) is 6.22. The number of aromatic amines is 1. The highest BCUT2D eigenvalue weighted by molar-refractivity contribution is 5.84. The van der Waals surface area contributed by atoms with E-state index in [1.807, 2.05) is 0 Å². The molecule has 2 aromatic rings. The number of likely N-dealkylation sites (N-methyl/N-ethyl adjacent to an activating group) is 2. The minimum absolute atomic E-state index is 0.635. The van der Waals surface area contributed by atoms with Gasteiger partial charge in [-0.15, -0.1) is 0 Å². The first-order chi connectivity index (χ1) is 11.6. The second-order valence-electron chi connectivity index (χ2n) is 8.12. The molecule has 1 aromatic heterocycles. The van der Waals surface area contributed by atoms with Crippen LogP contribution in [0.25, 0.3) is 10.9 Å². The van der Waals surface area contributed by atoms with Crippen molar-refractivity contribution in [3.05, 3.63) is 35.5 Å². The highest BCUT2D eigenvalue weighted by Crippen LogP contribution is 2.29. The van der Waals surface area contributed by atoms with Crippen LogP contribution in [0, 0.1) is 0 Å². The normalized spacial score (nSPS) is 24.2. The zero-order valence-corrected chi connectivity index (χ0v) is 15.1. The average molecular weight is 327 g/mol. The van der Waals surface area contributed by atoms with Gasteiger partial charge in [-0.2, -0.15) is 0 Å². The summed E-state index contributed by atoms with van der Waals surface area (Å²) in [4.78, 5) is 6.07. The molecule has 2 N–H and O–H groups in total. The number of fused-ring (bicyclic) bond motifs is 3. The highest BCUT2D eigenvalue weighted by Gasteiger charge is 2.27. The number of aromatic nitrogens is 1. The van der Waals surface area contributed by atoms with Gasteiger partial charge in [0.15, 0.2) is 0 Å². The molecular formula is C20H31N4+. The minimum atomic E-state index is 0.635. The Labute approximate surface area is 145 Å². The van der Waals surface area contributed by atoms with E-state index in [9.17, 15) is 0 Å². The molecule has 1 atom stereocenters. The van der Waals surface area contributed by atoms with Crippen molar-refractivity contribution in [3.8, 4) is 0 Å². The van der Waals surface area contributed by atoms with Crippen LogP contribution < -0.4 is 5.32 Å². The summed E-state index contributed by atoms with van der Waals surface area (Å²) in [5.41, 5.74) is 4.32. The Hall–Kier alpha value is -1.36. The molecule has 0 radical (unpaired) electrons. The van der Waals surface area contributed by atoms with Gasteiger partial charge in [0.1, 0.15) is 0 Å². The maximum Gasteiger partial charge on any atom is 0.0914 e. The lowest BCUT2D eigenvalue weighted by atomic mass is 9.91. The topological polar surface area (TPSA) is 31.1 Å². The maximum absolute atomic E-state index is 3.86. The number of benzene rings is 1. The van der Waals surface area contributed by atoms with E-state index in [0.717, 1.165) is 6.54 Å². The first-order valence-electron chi connectivity index (χ1n) is 9.47. The number of hydrogen-bond acceptors (Lipinski definition) is 2. The van der Waals surface area contributed by atoms with Gasteiger partial charge in [-0.3, -0.25) is 4.90 Å². The molecule has 2 heterocycles. The molecule has 130 valence electrons. The van der Waals surface area contributed by atoms with Gasteiger partial charge in [0.05, 0.1) is 26.7 Å². The number of H-pyrrole nitrogens is 1. The third kappa shape index (κ3) is 3.23. The Morgan fingerprint density at radius 3 is 2.88 bits per heavy atom. The van der Waals surface area contributed by atoms with Crippen molar-refractivity contribution in [1.82, 2.24) is 15.2 Å². The summed E-state index contributed by atoms with van der Waals surface area (Å²) in [5.74, 6) is 0. The summed E-state index contributed by atoms with van der Waals surface area (Å²) in [7, 11) is 4.66. The first kappa shape index (κ1) is 16.1. The first-order valence-corrected chi connectivity index (χ1v) is 9.47. The summed E-state index contributed by atoms with van der Waals surface area (Å²) in [6, 6.07) is 9.39. The Morgan fingerprint density at radius 2 is 2.04 bits per heavy atom. The van der Waals surface area contributed by atoms with Gasteiger partial charge in [-0.25, -0.2) is 0 Å². The summed E-state index contributed by atoms with van der Waals surface area (Å²) in [5, 5.41) is 5.29. The summed E-state index contributed by atoms with van der Waals surface area (Å²) < 4.78 is 1.22. The number of rotatable bonds is 4. The predicted molar refractivity (Wildman–Crippen MR) is 100 cm³/mol. The SMILES string of the molecule is CN1CC[N+](C)(CCNC2CCc3[nH]c4ccccc4c3C2)CC1. The molecule has 0 bridgehead atoms. The lowest BCUT2D eigenvalue weighted by molar-refractivity contribution is -0.912. The van der Waals surface area contributed by atoms with Gasteiger partial charge >= 0.3 is 0 Å². The number of piperazine rings is 1. The quantitative estimate of drug-likeness (QED) is 0.842. The molecule has 1 aliphatic heterocycles. The Balaban J connectivity index is 1.34. The van der Waals surface area contributed by atoms with Crippen LogP contribution >= 0.6 is 0 Å². The van der Waals surface area contributed by atoms with Gasteiger partial charge in [0.25, 0.3) is 0 Å². The average Bonchev–Trinajstić information content (AvgIpc) is 2.96. The second kappa shape index (κ2) is 6.51. The molecule has 4 rings (SSSR count). The van der Waals surface area contributed by atoms with Crippen molar-refractivity contribution in [1.29, 1.82) is 0 Å². The van der Waals surface area contributed by atoms with E-state index in [0.29, 0.717) is 6.04 Å². The number of para-hydroxylation sites is 1. The van der Waals surface area contributed by atoms with Crippen LogP contribution in [0.3, 0.4) is 0 Å². The smallest absolute Gasteiger partial charge is 0.0914 e. The van der Waals surface area contributed by atoms with E-state index in [4.69, 9.17) is 0 Å². The molecule has 1 fully saturated rings. The van der Waals surface area contributed by atoms with E-state index < -0.39 is 0 Å². The highest BCUT2D eigenvalue weighted by atomic mass is 15.4. The molecule has 0 spiro atoms. The summed E-state index contributed by atoms with van der Waals surface area (Å²) in [6.07, 6.45) is 3.61. The third-order valence-corrected chi connectivity index (χ3v) is 6.22. The van der Waals surface area contributed by atoms with Crippen LogP contribution in [-0.2, 0) is 12.8 Å². The Kier molecular flexibility index (Phi) is 4.37. The predicted octanol–water partition coefficient (Wildman–Crippen LogP) is 2.01. The monoisotopic (exact) mass is 327 g/mol. The van der Waals surface area contributed by atoms with Crippen LogP contribution in [0.15, 0.2) is 24.3 Å². The van der Waals surface area contributed by atoms with Crippen LogP contribution in [0.5, 0.6) is 0 Å². The van der Waals surface area contributed by atoms with Crippen molar-refractivity contribution in [2.75, 3.05) is 53.4 Å². The molecule has 1 saturated heterocycles. The van der Waals surface area contributed by atoms with Crippen LogP contribution in [0.2, 0.25) is 0 Å². The van der Waals surface area contributed by atoms with Gasteiger partial charge in [0, 0.05) is 42.3 Å². The van der Waals surface area contributed by atoms with Gasteiger partial charge in [0.2, 0.25) is 0 Å². The van der Waals surface area contributed by atoms with Crippen molar-refractivity contribution in [2.24, 2.45) is 0 Å². The fourth-order valence-corrected chi connectivity index (χ4v) is 4.35. The second-order valence-corrected chi connectivity index (χ2v) is 8.12. The van der Waals surface area contributed by atoms with Crippen molar-refractivity contribution >= 4 is 10.9 Å². The van der Waals surface area contributed by atoms with E-state index in [2.05, 4.69) is 53.6 Å².